The van der Waals surface area contributed by atoms with Crippen molar-refractivity contribution in [3.05, 3.63) is 40.1 Å². The quantitative estimate of drug-likeness (QED) is 0.803. The molecule has 0 bridgehead atoms. The van der Waals surface area contributed by atoms with E-state index in [2.05, 4.69) is 19.7 Å². The molecule has 0 spiro atoms. The molecular formula is C18H21N5O. The van der Waals surface area contributed by atoms with Gasteiger partial charge in [0.05, 0.1) is 6.04 Å². The molecule has 0 amide bonds. The molecule has 0 atom stereocenters. The number of aromatic nitrogens is 5. The largest absolute Gasteiger partial charge is 0.300 e. The van der Waals surface area contributed by atoms with Crippen LogP contribution in [0.2, 0.25) is 0 Å². The normalized spacial score (nSPS) is 15.4. The van der Waals surface area contributed by atoms with Gasteiger partial charge in [-0.15, -0.1) is 0 Å². The number of pyridine rings is 1. The summed E-state index contributed by atoms with van der Waals surface area (Å²) >= 11 is 0. The fourth-order valence-corrected chi connectivity index (χ4v) is 3.62. The maximum atomic E-state index is 12.7. The van der Waals surface area contributed by atoms with Gasteiger partial charge in [0.25, 0.3) is 5.56 Å². The lowest BCUT2D eigenvalue weighted by molar-refractivity contribution is 0.464. The second kappa shape index (κ2) is 5.85. The zero-order chi connectivity index (χ0) is 16.7. The van der Waals surface area contributed by atoms with Crippen molar-refractivity contribution in [2.45, 2.75) is 52.0 Å². The molecular weight excluding hydrogens is 302 g/mol. The Bertz CT molecular complexity index is 904. The van der Waals surface area contributed by atoms with Crippen molar-refractivity contribution in [3.8, 4) is 22.8 Å². The Labute approximate surface area is 140 Å². The lowest BCUT2D eigenvalue weighted by Crippen LogP contribution is -2.17. The molecule has 6 heteroatoms. The molecule has 1 aromatic heterocycles. The van der Waals surface area contributed by atoms with Gasteiger partial charge in [0.2, 0.25) is 0 Å². The van der Waals surface area contributed by atoms with Crippen molar-refractivity contribution in [2.75, 3.05) is 0 Å². The predicted octanol–water partition coefficient (Wildman–Crippen LogP) is 3.12. The van der Waals surface area contributed by atoms with E-state index in [1.54, 1.807) is 6.20 Å². The summed E-state index contributed by atoms with van der Waals surface area (Å²) in [5.41, 5.74) is 3.09. The highest BCUT2D eigenvalue weighted by Gasteiger charge is 2.27. The highest BCUT2D eigenvalue weighted by atomic mass is 16.1. The number of H-pyrrole nitrogens is 1. The third-order valence-electron chi connectivity index (χ3n) is 4.84. The van der Waals surface area contributed by atoms with E-state index in [4.69, 9.17) is 4.98 Å². The minimum Gasteiger partial charge on any atom is -0.300 e. The zero-order valence-electron chi connectivity index (χ0n) is 14.0. The third-order valence-corrected chi connectivity index (χ3v) is 4.84. The van der Waals surface area contributed by atoms with Crippen LogP contribution in [-0.4, -0.2) is 24.7 Å². The van der Waals surface area contributed by atoms with E-state index in [-0.39, 0.29) is 5.56 Å². The Hall–Kier alpha value is -2.50. The van der Waals surface area contributed by atoms with Crippen LogP contribution < -0.4 is 5.56 Å². The summed E-state index contributed by atoms with van der Waals surface area (Å²) in [4.78, 5) is 25.9. The van der Waals surface area contributed by atoms with Gasteiger partial charge in [0, 0.05) is 23.1 Å². The van der Waals surface area contributed by atoms with Crippen LogP contribution in [0.5, 0.6) is 0 Å². The van der Waals surface area contributed by atoms with Crippen molar-refractivity contribution in [1.29, 1.82) is 0 Å². The van der Waals surface area contributed by atoms with Crippen LogP contribution in [0.1, 0.15) is 50.0 Å². The smallest absolute Gasteiger partial charge is 0.284 e. The Morgan fingerprint density at radius 3 is 2.79 bits per heavy atom. The Morgan fingerprint density at radius 2 is 2.08 bits per heavy atom. The molecule has 24 heavy (non-hydrogen) atoms. The summed E-state index contributed by atoms with van der Waals surface area (Å²) in [5, 5.41) is 3.41. The number of fused-ring (bicyclic) bond motifs is 1. The van der Waals surface area contributed by atoms with Crippen molar-refractivity contribution >= 4 is 0 Å². The Kier molecular flexibility index (Phi) is 3.67. The van der Waals surface area contributed by atoms with Crippen LogP contribution in [-0.2, 0) is 6.42 Å². The monoisotopic (exact) mass is 323 g/mol. The van der Waals surface area contributed by atoms with E-state index in [0.717, 1.165) is 42.0 Å². The van der Waals surface area contributed by atoms with Gasteiger partial charge < -0.3 is 0 Å². The average molecular weight is 323 g/mol. The fourth-order valence-electron chi connectivity index (χ4n) is 3.62. The lowest BCUT2D eigenvalue weighted by Gasteiger charge is -2.13. The maximum absolute atomic E-state index is 12.7. The summed E-state index contributed by atoms with van der Waals surface area (Å²) in [6.07, 6.45) is 7.21. The van der Waals surface area contributed by atoms with Gasteiger partial charge in [-0.05, 0) is 38.3 Å². The zero-order valence-corrected chi connectivity index (χ0v) is 14.0. The first-order chi connectivity index (χ1) is 11.7. The first kappa shape index (κ1) is 15.1. The van der Waals surface area contributed by atoms with Gasteiger partial charge >= 0.3 is 0 Å². The molecule has 3 heterocycles. The molecule has 4 rings (SSSR count). The van der Waals surface area contributed by atoms with E-state index >= 15 is 0 Å². The van der Waals surface area contributed by atoms with Gasteiger partial charge in [0.1, 0.15) is 5.56 Å². The topological polar surface area (TPSA) is 76.5 Å². The number of rotatable bonds is 3. The number of hydrogen-bond donors (Lipinski definition) is 1. The molecule has 0 radical (unpaired) electrons. The summed E-state index contributed by atoms with van der Waals surface area (Å²) < 4.78 is 2.10. The fraction of sp³-hybridized carbons (Fsp3) is 0.444. The molecule has 0 aromatic carbocycles. The molecule has 6 nitrogen and oxygen atoms in total. The van der Waals surface area contributed by atoms with E-state index < -0.39 is 0 Å². The number of hydrogen-bond acceptors (Lipinski definition) is 4. The maximum Gasteiger partial charge on any atom is 0.284 e. The number of nitrogens with one attached hydrogen (secondary N) is 1. The molecule has 1 N–H and O–H groups in total. The molecule has 3 aliphatic rings. The van der Waals surface area contributed by atoms with Crippen LogP contribution in [0, 0.1) is 6.92 Å². The predicted molar refractivity (Wildman–Crippen MR) is 92.1 cm³/mol. The molecule has 2 aliphatic heterocycles. The Balaban J connectivity index is 1.93. The van der Waals surface area contributed by atoms with E-state index in [1.165, 1.54) is 12.8 Å². The molecule has 0 unspecified atom stereocenters. The lowest BCUT2D eigenvalue weighted by atomic mass is 10.1. The highest BCUT2D eigenvalue weighted by Crippen LogP contribution is 2.34. The molecule has 124 valence electrons. The molecule has 1 fully saturated rings. The Morgan fingerprint density at radius 1 is 1.29 bits per heavy atom. The number of aromatic amines is 1. The second-order valence-electron chi connectivity index (χ2n) is 6.49. The standard InChI is InChI=1S/C18H21N5O/c1-3-14-15-17(23(22-14)13-6-4-5-7-13)20-16(21-18(15)24)12-8-9-19-11(2)10-12/h8-10,13,22H,3-7H2,1-2H3. The van der Waals surface area contributed by atoms with E-state index in [0.29, 0.717) is 17.4 Å². The van der Waals surface area contributed by atoms with Crippen LogP contribution in [0.25, 0.3) is 22.8 Å². The highest BCUT2D eigenvalue weighted by molar-refractivity contribution is 5.64. The van der Waals surface area contributed by atoms with Crippen LogP contribution >= 0.6 is 0 Å². The van der Waals surface area contributed by atoms with Crippen LogP contribution in [0.3, 0.4) is 0 Å². The van der Waals surface area contributed by atoms with Gasteiger partial charge in [-0.25, -0.2) is 4.98 Å². The summed E-state index contributed by atoms with van der Waals surface area (Å²) in [5.74, 6) is 1.22. The van der Waals surface area contributed by atoms with Crippen molar-refractivity contribution in [1.82, 2.24) is 24.7 Å². The minimum absolute atomic E-state index is 0.200. The molecule has 1 aromatic rings. The first-order valence-corrected chi connectivity index (χ1v) is 8.61. The van der Waals surface area contributed by atoms with Crippen molar-refractivity contribution < 1.29 is 0 Å². The van der Waals surface area contributed by atoms with Gasteiger partial charge in [0.15, 0.2) is 11.6 Å². The van der Waals surface area contributed by atoms with Crippen LogP contribution in [0.4, 0.5) is 0 Å². The van der Waals surface area contributed by atoms with Crippen molar-refractivity contribution in [3.63, 3.8) is 0 Å². The number of aryl methyl sites for hydroxylation is 2. The SMILES string of the molecule is CCc1[nH]n(C2CCCC2)c2nc(-c3ccnc(C)c3)nc(=O)c1-2. The van der Waals surface area contributed by atoms with Gasteiger partial charge in [-0.2, -0.15) is 4.98 Å². The van der Waals surface area contributed by atoms with Crippen molar-refractivity contribution in [2.24, 2.45) is 0 Å². The third kappa shape index (κ3) is 2.42. The summed E-state index contributed by atoms with van der Waals surface area (Å²) in [6, 6.07) is 4.16. The summed E-state index contributed by atoms with van der Waals surface area (Å²) in [6.45, 7) is 3.97. The van der Waals surface area contributed by atoms with E-state index in [9.17, 15) is 4.79 Å². The molecule has 0 saturated heterocycles. The van der Waals surface area contributed by atoms with E-state index in [1.807, 2.05) is 26.0 Å². The number of nitrogens with zero attached hydrogens (tertiary/aromatic N) is 4. The summed E-state index contributed by atoms with van der Waals surface area (Å²) in [7, 11) is 0. The molecule has 1 aliphatic carbocycles. The average Bonchev–Trinajstić information content (AvgIpc) is 3.22. The minimum atomic E-state index is -0.200. The second-order valence-corrected chi connectivity index (χ2v) is 6.49. The molecule has 1 saturated carbocycles. The first-order valence-electron chi connectivity index (χ1n) is 8.61. The van der Waals surface area contributed by atoms with Gasteiger partial charge in [-0.1, -0.05) is 19.8 Å². The van der Waals surface area contributed by atoms with Gasteiger partial charge in [-0.3, -0.25) is 19.6 Å². The van der Waals surface area contributed by atoms with Crippen LogP contribution in [0.15, 0.2) is 23.1 Å².